The average molecular weight is 424 g/mol. The van der Waals surface area contributed by atoms with E-state index in [2.05, 4.69) is 0 Å². The fraction of sp³-hybridized carbons (Fsp3) is 0.0870. The van der Waals surface area contributed by atoms with Gasteiger partial charge < -0.3 is 4.42 Å². The lowest BCUT2D eigenvalue weighted by atomic mass is 10.1. The number of oxazole rings is 1. The molecule has 4 nitrogen and oxygen atoms in total. The van der Waals surface area contributed by atoms with Crippen LogP contribution in [0.4, 0.5) is 0 Å². The molecule has 0 saturated carbocycles. The maximum absolute atomic E-state index is 11.8. The summed E-state index contributed by atoms with van der Waals surface area (Å²) in [6, 6.07) is 24.0. The number of aromatic nitrogens is 1. The third-order valence-corrected chi connectivity index (χ3v) is 5.91. The van der Waals surface area contributed by atoms with Crippen LogP contribution in [-0.2, 0) is 16.3 Å². The van der Waals surface area contributed by atoms with Gasteiger partial charge in [-0.05, 0) is 42.0 Å². The molecular formula is C23H18ClNO3S. The Morgan fingerprint density at radius 2 is 1.48 bits per heavy atom. The van der Waals surface area contributed by atoms with E-state index in [-0.39, 0.29) is 4.90 Å². The predicted octanol–water partition coefficient (Wildman–Crippen LogP) is 5.66. The minimum Gasteiger partial charge on any atom is -0.440 e. The molecule has 0 radical (unpaired) electrons. The molecule has 0 amide bonds. The van der Waals surface area contributed by atoms with Crippen LogP contribution in [0.3, 0.4) is 0 Å². The fourth-order valence-corrected chi connectivity index (χ4v) is 3.82. The molecule has 0 aliphatic carbocycles. The van der Waals surface area contributed by atoms with Crippen LogP contribution in [-0.4, -0.2) is 19.7 Å². The Hall–Kier alpha value is -2.89. The second kappa shape index (κ2) is 7.85. The predicted molar refractivity (Wildman–Crippen MR) is 115 cm³/mol. The monoisotopic (exact) mass is 423 g/mol. The molecule has 0 saturated heterocycles. The first kappa shape index (κ1) is 19.4. The molecular weight excluding hydrogens is 406 g/mol. The molecule has 146 valence electrons. The number of benzene rings is 3. The van der Waals surface area contributed by atoms with E-state index >= 15 is 0 Å². The van der Waals surface area contributed by atoms with E-state index in [0.717, 1.165) is 16.7 Å². The number of nitrogens with zero attached hydrogens (tertiary/aromatic N) is 1. The van der Waals surface area contributed by atoms with E-state index in [1.54, 1.807) is 36.4 Å². The smallest absolute Gasteiger partial charge is 0.199 e. The highest BCUT2D eigenvalue weighted by atomic mass is 35.5. The number of rotatable bonds is 5. The lowest BCUT2D eigenvalue weighted by Gasteiger charge is -2.03. The van der Waals surface area contributed by atoms with Crippen LogP contribution in [0.15, 0.2) is 88.2 Å². The van der Waals surface area contributed by atoms with Crippen LogP contribution in [0, 0.1) is 0 Å². The lowest BCUT2D eigenvalue weighted by Crippen LogP contribution is -1.96. The van der Waals surface area contributed by atoms with E-state index in [9.17, 15) is 8.42 Å². The molecule has 1 aromatic heterocycles. The van der Waals surface area contributed by atoms with E-state index in [0.29, 0.717) is 28.8 Å². The van der Waals surface area contributed by atoms with Crippen LogP contribution >= 0.6 is 11.6 Å². The van der Waals surface area contributed by atoms with E-state index in [4.69, 9.17) is 21.0 Å². The summed E-state index contributed by atoms with van der Waals surface area (Å²) in [4.78, 5) is 4.98. The topological polar surface area (TPSA) is 60.2 Å². The first-order chi connectivity index (χ1) is 13.9. The van der Waals surface area contributed by atoms with E-state index < -0.39 is 9.84 Å². The Kier molecular flexibility index (Phi) is 5.26. The number of sulfone groups is 1. The molecule has 0 bridgehead atoms. The minimum absolute atomic E-state index is 0.266. The normalized spacial score (nSPS) is 11.5. The van der Waals surface area contributed by atoms with Crippen molar-refractivity contribution in [3.8, 4) is 22.6 Å². The van der Waals surface area contributed by atoms with Crippen molar-refractivity contribution in [1.82, 2.24) is 4.98 Å². The molecule has 3 aromatic carbocycles. The summed E-state index contributed by atoms with van der Waals surface area (Å²) in [6.07, 6.45) is 1.75. The summed E-state index contributed by atoms with van der Waals surface area (Å²) in [5.74, 6) is 1.21. The number of hydrogen-bond acceptors (Lipinski definition) is 4. The van der Waals surface area contributed by atoms with Crippen molar-refractivity contribution in [2.75, 3.05) is 6.26 Å². The van der Waals surface area contributed by atoms with Crippen molar-refractivity contribution in [3.05, 3.63) is 95.3 Å². The van der Waals surface area contributed by atoms with E-state index in [1.807, 2.05) is 42.5 Å². The molecule has 0 aliphatic rings. The summed E-state index contributed by atoms with van der Waals surface area (Å²) >= 11 is 6.03. The van der Waals surface area contributed by atoms with Gasteiger partial charge in [-0.2, -0.15) is 0 Å². The van der Waals surface area contributed by atoms with Crippen LogP contribution in [0.1, 0.15) is 11.5 Å². The van der Waals surface area contributed by atoms with Gasteiger partial charge in [-0.25, -0.2) is 13.4 Å². The first-order valence-corrected chi connectivity index (χ1v) is 11.3. The van der Waals surface area contributed by atoms with Crippen LogP contribution in [0.2, 0.25) is 5.02 Å². The van der Waals surface area contributed by atoms with Crippen molar-refractivity contribution in [2.24, 2.45) is 0 Å². The van der Waals surface area contributed by atoms with Crippen molar-refractivity contribution < 1.29 is 12.8 Å². The second-order valence-corrected chi connectivity index (χ2v) is 9.20. The Balaban J connectivity index is 1.79. The van der Waals surface area contributed by atoms with Crippen molar-refractivity contribution in [3.63, 3.8) is 0 Å². The van der Waals surface area contributed by atoms with Gasteiger partial charge in [0.25, 0.3) is 0 Å². The summed E-state index contributed by atoms with van der Waals surface area (Å²) in [5.41, 5.74) is 3.39. The summed E-state index contributed by atoms with van der Waals surface area (Å²) in [7, 11) is -3.26. The summed E-state index contributed by atoms with van der Waals surface area (Å²) < 4.78 is 29.6. The number of hydrogen-bond donors (Lipinski definition) is 0. The molecule has 4 aromatic rings. The molecule has 0 fully saturated rings. The quantitative estimate of drug-likeness (QED) is 0.415. The van der Waals surface area contributed by atoms with Gasteiger partial charge in [-0.3, -0.25) is 0 Å². The lowest BCUT2D eigenvalue weighted by molar-refractivity contribution is 0.519. The minimum atomic E-state index is -3.26. The molecule has 0 unspecified atom stereocenters. The zero-order valence-electron chi connectivity index (χ0n) is 15.7. The SMILES string of the molecule is CS(=O)(=O)c1ccc(-c2nc(Cc3ccccc3)oc2-c2ccc(Cl)cc2)cc1. The third kappa shape index (κ3) is 4.42. The average Bonchev–Trinajstić information content (AvgIpc) is 3.12. The fourth-order valence-electron chi connectivity index (χ4n) is 3.06. The molecule has 29 heavy (non-hydrogen) atoms. The summed E-state index contributed by atoms with van der Waals surface area (Å²) in [5, 5.41) is 0.636. The third-order valence-electron chi connectivity index (χ3n) is 4.53. The van der Waals surface area contributed by atoms with Gasteiger partial charge in [0.1, 0.15) is 5.69 Å². The second-order valence-electron chi connectivity index (χ2n) is 6.75. The van der Waals surface area contributed by atoms with Gasteiger partial charge in [0.15, 0.2) is 21.5 Å². The maximum Gasteiger partial charge on any atom is 0.199 e. The van der Waals surface area contributed by atoms with Gasteiger partial charge >= 0.3 is 0 Å². The Labute approximate surface area is 174 Å². The van der Waals surface area contributed by atoms with Crippen LogP contribution in [0.25, 0.3) is 22.6 Å². The van der Waals surface area contributed by atoms with E-state index in [1.165, 1.54) is 6.26 Å². The number of halogens is 1. The Bertz CT molecular complexity index is 1230. The van der Waals surface area contributed by atoms with Gasteiger partial charge in [-0.15, -0.1) is 0 Å². The van der Waals surface area contributed by atoms with Crippen LogP contribution in [0.5, 0.6) is 0 Å². The van der Waals surface area contributed by atoms with Crippen molar-refractivity contribution in [1.29, 1.82) is 0 Å². The molecule has 0 atom stereocenters. The van der Waals surface area contributed by atoms with Gasteiger partial charge in [0.05, 0.1) is 4.90 Å². The molecule has 1 heterocycles. The van der Waals surface area contributed by atoms with Crippen molar-refractivity contribution in [2.45, 2.75) is 11.3 Å². The Morgan fingerprint density at radius 1 is 0.862 bits per heavy atom. The highest BCUT2D eigenvalue weighted by Gasteiger charge is 2.18. The molecule has 0 spiro atoms. The molecule has 4 rings (SSSR count). The van der Waals surface area contributed by atoms with Gasteiger partial charge in [0, 0.05) is 28.8 Å². The zero-order chi connectivity index (χ0) is 20.4. The van der Waals surface area contributed by atoms with Crippen LogP contribution < -0.4 is 0 Å². The summed E-state index contributed by atoms with van der Waals surface area (Å²) in [6.45, 7) is 0. The highest BCUT2D eigenvalue weighted by molar-refractivity contribution is 7.90. The molecule has 0 N–H and O–H groups in total. The van der Waals surface area contributed by atoms with Gasteiger partial charge in [0.2, 0.25) is 0 Å². The molecule has 6 heteroatoms. The highest BCUT2D eigenvalue weighted by Crippen LogP contribution is 2.34. The van der Waals surface area contributed by atoms with Gasteiger partial charge in [-0.1, -0.05) is 54.1 Å². The first-order valence-electron chi connectivity index (χ1n) is 9.00. The van der Waals surface area contributed by atoms with Crippen molar-refractivity contribution >= 4 is 21.4 Å². The Morgan fingerprint density at radius 3 is 2.10 bits per heavy atom. The largest absolute Gasteiger partial charge is 0.440 e. The standard InChI is InChI=1S/C23H18ClNO3S/c1-29(26,27)20-13-9-17(10-14-20)22-23(18-7-11-19(24)12-8-18)28-21(25-22)15-16-5-3-2-4-6-16/h2-14H,15H2,1H3. The zero-order valence-corrected chi connectivity index (χ0v) is 17.2. The maximum atomic E-state index is 11.8. The molecule has 0 aliphatic heterocycles.